The van der Waals surface area contributed by atoms with Crippen LogP contribution in [0.3, 0.4) is 0 Å². The Hall–Kier alpha value is -5.79. The van der Waals surface area contributed by atoms with E-state index in [0.717, 1.165) is 50.2 Å². The number of ether oxygens (including phenoxy) is 1. The lowest BCUT2D eigenvalue weighted by atomic mass is 9.86. The number of aromatic nitrogens is 2. The van der Waals surface area contributed by atoms with E-state index in [1.165, 1.54) is 0 Å². The zero-order valence-corrected chi connectivity index (χ0v) is 24.5. The molecule has 45 heavy (non-hydrogen) atoms. The molecule has 2 aliphatic rings. The predicted molar refractivity (Wildman–Crippen MR) is 183 cm³/mol. The summed E-state index contributed by atoms with van der Waals surface area (Å²) in [4.78, 5) is 8.86. The van der Waals surface area contributed by atoms with Crippen molar-refractivity contribution in [3.63, 3.8) is 0 Å². The molecule has 3 aromatic carbocycles. The van der Waals surface area contributed by atoms with Gasteiger partial charge in [-0.05, 0) is 41.8 Å². The highest BCUT2D eigenvalue weighted by Crippen LogP contribution is 2.38. The third-order valence-corrected chi connectivity index (χ3v) is 8.25. The average Bonchev–Trinajstić information content (AvgIpc) is 3.52. The Kier molecular flexibility index (Phi) is 7.29. The molecule has 1 aliphatic heterocycles. The Morgan fingerprint density at radius 1 is 0.911 bits per heavy atom. The summed E-state index contributed by atoms with van der Waals surface area (Å²) >= 11 is 0. The minimum atomic E-state index is -0.848. The van der Waals surface area contributed by atoms with Gasteiger partial charge in [-0.25, -0.2) is 0 Å². The molecular weight excluding hydrogens is 556 g/mol. The quantitative estimate of drug-likeness (QED) is 0.146. The van der Waals surface area contributed by atoms with Crippen LogP contribution in [0.25, 0.3) is 23.1 Å². The fourth-order valence-electron chi connectivity index (χ4n) is 5.72. The Bertz CT molecular complexity index is 2020. The monoisotopic (exact) mass is 588 g/mol. The van der Waals surface area contributed by atoms with Gasteiger partial charge < -0.3 is 21.5 Å². The molecule has 7 rings (SSSR count). The van der Waals surface area contributed by atoms with Crippen LogP contribution in [0.2, 0.25) is 0 Å². The van der Waals surface area contributed by atoms with Crippen LogP contribution in [0.15, 0.2) is 133 Å². The molecule has 0 fully saturated rings. The second-order valence-electron chi connectivity index (χ2n) is 11.2. The number of benzene rings is 3. The summed E-state index contributed by atoms with van der Waals surface area (Å²) in [7, 11) is 0. The maximum absolute atomic E-state index is 8.67. The first-order valence-electron chi connectivity index (χ1n) is 14.8. The number of nitrogen functional groups attached to an aromatic ring is 1. The van der Waals surface area contributed by atoms with Crippen LogP contribution in [0.5, 0.6) is 5.75 Å². The summed E-state index contributed by atoms with van der Waals surface area (Å²) in [5.41, 5.74) is 20.8. The number of pyridine rings is 2. The first-order valence-corrected chi connectivity index (χ1v) is 14.8. The molecule has 7 heteroatoms. The molecule has 0 bridgehead atoms. The number of hydrogen-bond donors (Lipinski definition) is 4. The van der Waals surface area contributed by atoms with Gasteiger partial charge in [-0.1, -0.05) is 103 Å². The van der Waals surface area contributed by atoms with Crippen LogP contribution in [0.1, 0.15) is 40.6 Å². The van der Waals surface area contributed by atoms with E-state index >= 15 is 0 Å². The SMILES string of the molecule is N=C1/C(=C\C=C\C(N)(C/C=C\c2ccc3cccnc3c2N)c2ccc(C3Nc4ccccc4O3)cc2)C=Cc2cccnc21. The fraction of sp³-hybridized carbons (Fsp3) is 0.0789. The molecular formula is C38H32N6O. The number of anilines is 2. The maximum Gasteiger partial charge on any atom is 0.196 e. The van der Waals surface area contributed by atoms with E-state index in [4.69, 9.17) is 21.6 Å². The van der Waals surface area contributed by atoms with E-state index in [9.17, 15) is 0 Å². The van der Waals surface area contributed by atoms with Crippen LogP contribution in [-0.2, 0) is 5.54 Å². The van der Waals surface area contributed by atoms with E-state index in [1.807, 2.05) is 127 Å². The highest BCUT2D eigenvalue weighted by molar-refractivity contribution is 6.15. The second-order valence-corrected chi connectivity index (χ2v) is 11.2. The Morgan fingerprint density at radius 3 is 2.60 bits per heavy atom. The lowest BCUT2D eigenvalue weighted by Gasteiger charge is -2.26. The lowest BCUT2D eigenvalue weighted by molar-refractivity contribution is 0.260. The number of nitrogens with two attached hydrogens (primary N) is 2. The molecule has 0 radical (unpaired) electrons. The number of hydrogen-bond acceptors (Lipinski definition) is 7. The summed E-state index contributed by atoms with van der Waals surface area (Å²) in [6, 6.07) is 27.9. The largest absolute Gasteiger partial charge is 0.464 e. The first kappa shape index (κ1) is 28.0. The van der Waals surface area contributed by atoms with Crippen molar-refractivity contribution in [3.05, 3.63) is 161 Å². The van der Waals surface area contributed by atoms with Crippen molar-refractivity contribution in [1.82, 2.24) is 9.97 Å². The van der Waals surface area contributed by atoms with E-state index in [1.54, 1.807) is 12.4 Å². The molecule has 3 heterocycles. The van der Waals surface area contributed by atoms with Gasteiger partial charge in [0.2, 0.25) is 0 Å². The smallest absolute Gasteiger partial charge is 0.196 e. The van der Waals surface area contributed by atoms with Gasteiger partial charge in [0.05, 0.1) is 33.8 Å². The van der Waals surface area contributed by atoms with Gasteiger partial charge in [0.1, 0.15) is 5.75 Å². The highest BCUT2D eigenvalue weighted by atomic mass is 16.5. The Morgan fingerprint density at radius 2 is 1.73 bits per heavy atom. The first-order chi connectivity index (χ1) is 22.0. The maximum atomic E-state index is 8.67. The zero-order valence-electron chi connectivity index (χ0n) is 24.5. The van der Waals surface area contributed by atoms with Crippen molar-refractivity contribution >= 4 is 40.1 Å². The predicted octanol–water partition coefficient (Wildman–Crippen LogP) is 7.55. The number of allylic oxidation sites excluding steroid dienone is 4. The second kappa shape index (κ2) is 11.7. The molecule has 2 unspecified atom stereocenters. The normalized spacial score (nSPS) is 17.8. The molecule has 5 aromatic rings. The van der Waals surface area contributed by atoms with Crippen LogP contribution < -0.4 is 21.5 Å². The van der Waals surface area contributed by atoms with Crippen molar-refractivity contribution in [3.8, 4) is 5.75 Å². The molecule has 2 atom stereocenters. The van der Waals surface area contributed by atoms with Crippen molar-refractivity contribution in [2.24, 2.45) is 5.73 Å². The topological polar surface area (TPSA) is 123 Å². The average molecular weight is 589 g/mol. The number of para-hydroxylation sites is 2. The zero-order chi connectivity index (χ0) is 30.8. The molecule has 220 valence electrons. The summed E-state index contributed by atoms with van der Waals surface area (Å²) < 4.78 is 6.12. The molecule has 6 N–H and O–H groups in total. The lowest BCUT2D eigenvalue weighted by Crippen LogP contribution is -2.34. The van der Waals surface area contributed by atoms with Gasteiger partial charge in [-0.3, -0.25) is 15.4 Å². The molecule has 1 aliphatic carbocycles. The van der Waals surface area contributed by atoms with Crippen LogP contribution in [0.4, 0.5) is 11.4 Å². The third-order valence-electron chi connectivity index (χ3n) is 8.25. The van der Waals surface area contributed by atoms with E-state index < -0.39 is 5.54 Å². The Balaban J connectivity index is 1.17. The third kappa shape index (κ3) is 5.53. The van der Waals surface area contributed by atoms with E-state index in [2.05, 4.69) is 15.3 Å². The van der Waals surface area contributed by atoms with Crippen molar-refractivity contribution < 1.29 is 4.74 Å². The summed E-state index contributed by atoms with van der Waals surface area (Å²) in [6.45, 7) is 0. The van der Waals surface area contributed by atoms with E-state index in [0.29, 0.717) is 23.5 Å². The number of fused-ring (bicyclic) bond motifs is 3. The fourth-order valence-corrected chi connectivity index (χ4v) is 5.72. The van der Waals surface area contributed by atoms with Crippen molar-refractivity contribution in [1.29, 1.82) is 5.41 Å². The van der Waals surface area contributed by atoms with Crippen LogP contribution in [0, 0.1) is 5.41 Å². The minimum Gasteiger partial charge on any atom is -0.464 e. The number of nitrogens with one attached hydrogen (secondary N) is 2. The molecule has 2 aromatic heterocycles. The summed E-state index contributed by atoms with van der Waals surface area (Å²) in [5, 5.41) is 13.1. The van der Waals surface area contributed by atoms with Crippen LogP contribution in [-0.4, -0.2) is 15.7 Å². The standard InChI is InChI=1S/C38H32N6O/c39-33-25(13-15-27-9-5-23-42-35(27)33)7-3-21-38(41,22-4-8-26-14-16-28-10-6-24-43-36(28)34(26)40)30-19-17-29(18-20-30)37-44-31-11-1-2-12-32(31)45-37/h1-21,23-24,37,39,44H,22,40-41H2/b8-4-,21-3+,25-7-,39-33?. The van der Waals surface area contributed by atoms with Gasteiger partial charge in [-0.15, -0.1) is 0 Å². The number of nitrogens with zero attached hydrogens (tertiary/aromatic N) is 2. The van der Waals surface area contributed by atoms with Crippen molar-refractivity contribution in [2.75, 3.05) is 11.1 Å². The van der Waals surface area contributed by atoms with Gasteiger partial charge in [0.25, 0.3) is 0 Å². The van der Waals surface area contributed by atoms with Gasteiger partial charge in [-0.2, -0.15) is 0 Å². The Labute approximate surface area is 261 Å². The highest BCUT2D eigenvalue weighted by Gasteiger charge is 2.26. The molecule has 0 saturated carbocycles. The molecule has 7 nitrogen and oxygen atoms in total. The van der Waals surface area contributed by atoms with Gasteiger partial charge >= 0.3 is 0 Å². The van der Waals surface area contributed by atoms with E-state index in [-0.39, 0.29) is 6.23 Å². The van der Waals surface area contributed by atoms with Crippen LogP contribution >= 0.6 is 0 Å². The van der Waals surface area contributed by atoms with Gasteiger partial charge in [0.15, 0.2) is 6.23 Å². The molecule has 0 saturated heterocycles. The number of rotatable bonds is 7. The summed E-state index contributed by atoms with van der Waals surface area (Å²) in [6.07, 6.45) is 17.5. The van der Waals surface area contributed by atoms with Crippen molar-refractivity contribution in [2.45, 2.75) is 18.2 Å². The van der Waals surface area contributed by atoms with Gasteiger partial charge in [0, 0.05) is 34.5 Å². The minimum absolute atomic E-state index is 0.270. The molecule has 0 amide bonds. The molecule has 0 spiro atoms. The summed E-state index contributed by atoms with van der Waals surface area (Å²) in [5.74, 6) is 0.837.